The smallest absolute Gasteiger partial charge is 0.245 e. The number of fused-ring (bicyclic) bond motifs is 3. The van der Waals surface area contributed by atoms with E-state index in [0.717, 1.165) is 66.5 Å². The molecular formula is C28H33FN4O2. The predicted octanol–water partition coefficient (Wildman–Crippen LogP) is 3.56. The molecule has 5 rings (SSSR count). The second-order valence-corrected chi connectivity index (χ2v) is 9.89. The average molecular weight is 477 g/mol. The fourth-order valence-electron chi connectivity index (χ4n) is 5.63. The highest BCUT2D eigenvalue weighted by molar-refractivity contribution is 5.89. The van der Waals surface area contributed by atoms with Crippen LogP contribution in [0.5, 0.6) is 0 Å². The largest absolute Gasteiger partial charge is 0.344 e. The van der Waals surface area contributed by atoms with Gasteiger partial charge in [0.15, 0.2) is 0 Å². The molecule has 35 heavy (non-hydrogen) atoms. The first-order valence-electron chi connectivity index (χ1n) is 12.6. The molecule has 0 aliphatic carbocycles. The highest BCUT2D eigenvalue weighted by Crippen LogP contribution is 2.34. The lowest BCUT2D eigenvalue weighted by Crippen LogP contribution is -2.50. The molecule has 1 atom stereocenters. The summed E-state index contributed by atoms with van der Waals surface area (Å²) in [5, 5.41) is 4.51. The van der Waals surface area contributed by atoms with Gasteiger partial charge in [0, 0.05) is 43.2 Å². The monoisotopic (exact) mass is 476 g/mol. The van der Waals surface area contributed by atoms with Crippen molar-refractivity contribution in [1.82, 2.24) is 19.7 Å². The van der Waals surface area contributed by atoms with E-state index in [1.54, 1.807) is 17.0 Å². The van der Waals surface area contributed by atoms with Crippen molar-refractivity contribution in [2.45, 2.75) is 44.8 Å². The Morgan fingerprint density at radius 3 is 2.63 bits per heavy atom. The molecule has 2 aliphatic rings. The highest BCUT2D eigenvalue weighted by Gasteiger charge is 2.35. The Balaban J connectivity index is 1.40. The van der Waals surface area contributed by atoms with E-state index in [4.69, 9.17) is 0 Å². The molecule has 0 saturated carbocycles. The number of nitrogens with one attached hydrogen (secondary N) is 1. The number of amides is 2. The number of halogens is 1. The van der Waals surface area contributed by atoms with Crippen LogP contribution in [0.4, 0.5) is 4.39 Å². The van der Waals surface area contributed by atoms with Crippen molar-refractivity contribution in [2.75, 3.05) is 26.7 Å². The summed E-state index contributed by atoms with van der Waals surface area (Å²) in [7, 11) is 1.86. The molecule has 1 fully saturated rings. The summed E-state index contributed by atoms with van der Waals surface area (Å²) < 4.78 is 15.6. The van der Waals surface area contributed by atoms with Gasteiger partial charge < -0.3 is 19.7 Å². The number of carbonyl (C=O) groups excluding carboxylic acids is 2. The number of hydrogen-bond donors (Lipinski definition) is 1. The average Bonchev–Trinajstić information content (AvgIpc) is 3.20. The van der Waals surface area contributed by atoms with E-state index in [0.29, 0.717) is 32.0 Å². The van der Waals surface area contributed by atoms with Crippen LogP contribution in [0, 0.1) is 11.7 Å². The second-order valence-electron chi connectivity index (χ2n) is 9.89. The van der Waals surface area contributed by atoms with Crippen molar-refractivity contribution in [3.63, 3.8) is 0 Å². The number of likely N-dealkylation sites (N-methyl/N-ethyl adjacent to an activating group) is 1. The number of rotatable bonds is 7. The molecule has 2 amide bonds. The van der Waals surface area contributed by atoms with Gasteiger partial charge in [-0.25, -0.2) is 4.39 Å². The lowest BCUT2D eigenvalue weighted by Gasteiger charge is -2.35. The zero-order valence-electron chi connectivity index (χ0n) is 20.3. The summed E-state index contributed by atoms with van der Waals surface area (Å²) in [6.07, 6.45) is 4.62. The topological polar surface area (TPSA) is 57.6 Å². The van der Waals surface area contributed by atoms with Crippen LogP contribution in [-0.4, -0.2) is 59.4 Å². The van der Waals surface area contributed by atoms with Crippen LogP contribution < -0.4 is 5.32 Å². The first-order chi connectivity index (χ1) is 17.0. The molecule has 7 heteroatoms. The third-order valence-electron chi connectivity index (χ3n) is 7.71. The molecule has 0 bridgehead atoms. The summed E-state index contributed by atoms with van der Waals surface area (Å²) in [5.41, 5.74) is 4.23. The fourth-order valence-corrected chi connectivity index (χ4v) is 5.63. The van der Waals surface area contributed by atoms with Gasteiger partial charge in [-0.2, -0.15) is 0 Å². The molecule has 0 radical (unpaired) electrons. The van der Waals surface area contributed by atoms with Crippen LogP contribution in [-0.2, 0) is 29.1 Å². The van der Waals surface area contributed by atoms with E-state index in [1.807, 2.05) is 24.1 Å². The van der Waals surface area contributed by atoms with Gasteiger partial charge in [-0.15, -0.1) is 0 Å². The maximum atomic E-state index is 13.5. The first kappa shape index (κ1) is 23.5. The van der Waals surface area contributed by atoms with Crippen molar-refractivity contribution in [3.05, 3.63) is 71.2 Å². The van der Waals surface area contributed by atoms with Gasteiger partial charge in [0.2, 0.25) is 12.3 Å². The van der Waals surface area contributed by atoms with Gasteiger partial charge in [-0.1, -0.05) is 30.3 Å². The molecule has 1 aromatic heterocycles. The quantitative estimate of drug-likeness (QED) is 0.531. The van der Waals surface area contributed by atoms with E-state index >= 15 is 0 Å². The Bertz CT molecular complexity index is 1200. The molecule has 1 saturated heterocycles. The Hall–Kier alpha value is -3.19. The van der Waals surface area contributed by atoms with Crippen molar-refractivity contribution >= 4 is 23.2 Å². The molecule has 0 spiro atoms. The summed E-state index contributed by atoms with van der Waals surface area (Å²) in [5.74, 6) is 0.397. The predicted molar refractivity (Wildman–Crippen MR) is 134 cm³/mol. The molecule has 2 aromatic carbocycles. The van der Waals surface area contributed by atoms with Gasteiger partial charge in [0.25, 0.3) is 0 Å². The molecular weight excluding hydrogens is 443 g/mol. The van der Waals surface area contributed by atoms with Crippen molar-refractivity contribution in [3.8, 4) is 0 Å². The standard InChI is InChI=1S/C28H33FN4O2/c1-31(15-12-20-10-13-30-14-11-20)28(35)26-16-24-23-4-2-3-5-25(23)33(27(24)18-32(26)19-34)17-21-6-8-22(29)9-7-21/h2-9,19-20,26,30H,10-18H2,1H3. The van der Waals surface area contributed by atoms with Crippen LogP contribution in [0.15, 0.2) is 48.5 Å². The number of hydrogen-bond acceptors (Lipinski definition) is 3. The molecule has 3 aromatic rings. The number of piperidine rings is 1. The summed E-state index contributed by atoms with van der Waals surface area (Å²) >= 11 is 0. The number of carbonyl (C=O) groups is 2. The second kappa shape index (κ2) is 10.2. The van der Waals surface area contributed by atoms with Crippen LogP contribution >= 0.6 is 0 Å². The van der Waals surface area contributed by atoms with Crippen LogP contribution in [0.3, 0.4) is 0 Å². The van der Waals surface area contributed by atoms with E-state index in [-0.39, 0.29) is 11.7 Å². The molecule has 6 nitrogen and oxygen atoms in total. The Morgan fingerprint density at radius 1 is 1.14 bits per heavy atom. The molecule has 1 N–H and O–H groups in total. The number of para-hydroxylation sites is 1. The lowest BCUT2D eigenvalue weighted by atomic mass is 9.93. The van der Waals surface area contributed by atoms with Gasteiger partial charge in [-0.3, -0.25) is 9.59 Å². The van der Waals surface area contributed by atoms with Gasteiger partial charge >= 0.3 is 0 Å². The summed E-state index contributed by atoms with van der Waals surface area (Å²) in [6.45, 7) is 3.78. The summed E-state index contributed by atoms with van der Waals surface area (Å²) in [4.78, 5) is 29.1. The number of benzene rings is 2. The maximum Gasteiger partial charge on any atom is 0.245 e. The van der Waals surface area contributed by atoms with E-state index in [1.165, 1.54) is 12.1 Å². The Morgan fingerprint density at radius 2 is 1.89 bits per heavy atom. The Labute approximate surface area is 205 Å². The number of aromatic nitrogens is 1. The molecule has 3 heterocycles. The van der Waals surface area contributed by atoms with Crippen LogP contribution in [0.1, 0.15) is 36.1 Å². The van der Waals surface area contributed by atoms with Crippen LogP contribution in [0.2, 0.25) is 0 Å². The minimum absolute atomic E-state index is 0.00653. The van der Waals surface area contributed by atoms with Gasteiger partial charge in [0.1, 0.15) is 11.9 Å². The minimum Gasteiger partial charge on any atom is -0.344 e. The van der Waals surface area contributed by atoms with Gasteiger partial charge in [0.05, 0.1) is 6.54 Å². The molecule has 1 unspecified atom stereocenters. The van der Waals surface area contributed by atoms with E-state index < -0.39 is 6.04 Å². The lowest BCUT2D eigenvalue weighted by molar-refractivity contribution is -0.141. The van der Waals surface area contributed by atoms with E-state index in [9.17, 15) is 14.0 Å². The minimum atomic E-state index is -0.497. The maximum absolute atomic E-state index is 13.5. The number of nitrogens with zero attached hydrogens (tertiary/aromatic N) is 3. The van der Waals surface area contributed by atoms with Crippen LogP contribution in [0.25, 0.3) is 10.9 Å². The SMILES string of the molecule is CN(CCC1CCNCC1)C(=O)C1Cc2c(n(Cc3ccc(F)cc3)c3ccccc23)CN1C=O. The van der Waals surface area contributed by atoms with Crippen molar-refractivity contribution in [2.24, 2.45) is 5.92 Å². The van der Waals surface area contributed by atoms with Crippen molar-refractivity contribution < 1.29 is 14.0 Å². The molecule has 184 valence electrons. The highest BCUT2D eigenvalue weighted by atomic mass is 19.1. The zero-order valence-corrected chi connectivity index (χ0v) is 20.3. The summed E-state index contributed by atoms with van der Waals surface area (Å²) in [6, 6.07) is 14.2. The first-order valence-corrected chi connectivity index (χ1v) is 12.6. The van der Waals surface area contributed by atoms with E-state index in [2.05, 4.69) is 22.0 Å². The fraction of sp³-hybridized carbons (Fsp3) is 0.429. The third kappa shape index (κ3) is 4.82. The molecule has 2 aliphatic heterocycles. The van der Waals surface area contributed by atoms with Gasteiger partial charge in [-0.05, 0) is 67.6 Å². The van der Waals surface area contributed by atoms with Crippen molar-refractivity contribution in [1.29, 1.82) is 0 Å². The third-order valence-corrected chi connectivity index (χ3v) is 7.71. The Kier molecular flexibility index (Phi) is 6.86. The normalized spacial score (nSPS) is 18.5. The zero-order chi connectivity index (χ0) is 24.4.